The summed E-state index contributed by atoms with van der Waals surface area (Å²) in [7, 11) is 0. The van der Waals surface area contributed by atoms with Crippen molar-refractivity contribution < 1.29 is 4.39 Å². The van der Waals surface area contributed by atoms with Crippen molar-refractivity contribution in [2.45, 2.75) is 33.9 Å². The van der Waals surface area contributed by atoms with Gasteiger partial charge in [-0.2, -0.15) is 0 Å². The smallest absolute Gasteiger partial charge is 0.124 e. The molecule has 5 heteroatoms. The summed E-state index contributed by atoms with van der Waals surface area (Å²) >= 11 is 6.11. The van der Waals surface area contributed by atoms with Gasteiger partial charge in [-0.1, -0.05) is 31.5 Å². The predicted molar refractivity (Wildman–Crippen MR) is 84.0 cm³/mol. The minimum absolute atomic E-state index is 0.315. The van der Waals surface area contributed by atoms with Crippen molar-refractivity contribution >= 4 is 11.6 Å². The molecule has 0 saturated heterocycles. The van der Waals surface area contributed by atoms with Crippen LogP contribution < -0.4 is 5.32 Å². The molecule has 21 heavy (non-hydrogen) atoms. The molecule has 1 aromatic heterocycles. The van der Waals surface area contributed by atoms with Crippen LogP contribution in [0.15, 0.2) is 24.4 Å². The van der Waals surface area contributed by atoms with Crippen LogP contribution in [-0.4, -0.2) is 16.1 Å². The van der Waals surface area contributed by atoms with Gasteiger partial charge < -0.3 is 9.88 Å². The summed E-state index contributed by atoms with van der Waals surface area (Å²) in [5.41, 5.74) is 2.00. The van der Waals surface area contributed by atoms with Gasteiger partial charge >= 0.3 is 0 Å². The van der Waals surface area contributed by atoms with E-state index in [9.17, 15) is 4.39 Å². The molecule has 0 atom stereocenters. The Morgan fingerprint density at radius 2 is 2.14 bits per heavy atom. The van der Waals surface area contributed by atoms with Crippen LogP contribution in [0.5, 0.6) is 0 Å². The molecule has 0 fully saturated rings. The number of imidazole rings is 1. The predicted octanol–water partition coefficient (Wildman–Crippen LogP) is 3.78. The summed E-state index contributed by atoms with van der Waals surface area (Å²) < 4.78 is 15.2. The van der Waals surface area contributed by atoms with Crippen LogP contribution >= 0.6 is 11.6 Å². The van der Waals surface area contributed by atoms with Crippen molar-refractivity contribution in [1.82, 2.24) is 14.9 Å². The SMILES string of the molecule is Cc1ncc(CNCC(C)C)n1Cc1ccc(F)cc1Cl. The Balaban J connectivity index is 2.13. The maximum Gasteiger partial charge on any atom is 0.124 e. The topological polar surface area (TPSA) is 29.9 Å². The van der Waals surface area contributed by atoms with E-state index in [1.54, 1.807) is 6.07 Å². The molecule has 0 unspecified atom stereocenters. The standard InChI is InChI=1S/C16H21ClFN3/c1-11(2)7-19-8-15-9-20-12(3)21(15)10-13-4-5-14(18)6-16(13)17/h4-6,9,11,19H,7-8,10H2,1-3H3. The molecule has 0 saturated carbocycles. The third-order valence-electron chi connectivity index (χ3n) is 3.34. The molecule has 114 valence electrons. The van der Waals surface area contributed by atoms with Crippen LogP contribution in [-0.2, 0) is 13.1 Å². The normalized spacial score (nSPS) is 11.3. The van der Waals surface area contributed by atoms with Gasteiger partial charge in [0.2, 0.25) is 0 Å². The molecular weight excluding hydrogens is 289 g/mol. The fourth-order valence-electron chi connectivity index (χ4n) is 2.18. The van der Waals surface area contributed by atoms with E-state index < -0.39 is 0 Å². The molecule has 0 radical (unpaired) electrons. The number of nitrogens with one attached hydrogen (secondary N) is 1. The van der Waals surface area contributed by atoms with E-state index in [1.165, 1.54) is 12.1 Å². The van der Waals surface area contributed by atoms with Gasteiger partial charge in [0.05, 0.1) is 12.2 Å². The van der Waals surface area contributed by atoms with Crippen LogP contribution in [0.1, 0.15) is 30.9 Å². The minimum Gasteiger partial charge on any atom is -0.327 e. The lowest BCUT2D eigenvalue weighted by molar-refractivity contribution is 0.537. The van der Waals surface area contributed by atoms with E-state index in [0.29, 0.717) is 17.5 Å². The Bertz CT molecular complexity index is 608. The molecule has 2 aromatic rings. The van der Waals surface area contributed by atoms with E-state index in [2.05, 4.69) is 28.7 Å². The zero-order chi connectivity index (χ0) is 15.4. The Kier molecular flexibility index (Phi) is 5.37. The maximum absolute atomic E-state index is 13.1. The van der Waals surface area contributed by atoms with E-state index >= 15 is 0 Å². The van der Waals surface area contributed by atoms with Gasteiger partial charge in [0.15, 0.2) is 0 Å². The van der Waals surface area contributed by atoms with E-state index in [0.717, 1.165) is 30.2 Å². The summed E-state index contributed by atoms with van der Waals surface area (Å²) in [6.45, 7) is 8.63. The molecule has 0 aliphatic carbocycles. The monoisotopic (exact) mass is 309 g/mol. The maximum atomic E-state index is 13.1. The molecule has 0 amide bonds. The number of aromatic nitrogens is 2. The van der Waals surface area contributed by atoms with Crippen molar-refractivity contribution in [2.24, 2.45) is 5.92 Å². The van der Waals surface area contributed by atoms with Gasteiger partial charge in [-0.3, -0.25) is 0 Å². The Hall–Kier alpha value is -1.39. The second-order valence-corrected chi connectivity index (χ2v) is 6.05. The number of halogens is 2. The molecule has 2 rings (SSSR count). The first-order chi connectivity index (χ1) is 9.97. The van der Waals surface area contributed by atoms with Gasteiger partial charge in [0, 0.05) is 17.8 Å². The third-order valence-corrected chi connectivity index (χ3v) is 3.69. The highest BCUT2D eigenvalue weighted by Gasteiger charge is 2.10. The number of nitrogens with zero attached hydrogens (tertiary/aromatic N) is 2. The highest BCUT2D eigenvalue weighted by molar-refractivity contribution is 6.31. The lowest BCUT2D eigenvalue weighted by Gasteiger charge is -2.13. The quantitative estimate of drug-likeness (QED) is 0.880. The van der Waals surface area contributed by atoms with Crippen molar-refractivity contribution in [3.05, 3.63) is 52.3 Å². The van der Waals surface area contributed by atoms with Crippen molar-refractivity contribution in [1.29, 1.82) is 0 Å². The van der Waals surface area contributed by atoms with Crippen LogP contribution in [0.25, 0.3) is 0 Å². The molecule has 0 aliphatic rings. The van der Waals surface area contributed by atoms with E-state index in [4.69, 9.17) is 11.6 Å². The first-order valence-corrected chi connectivity index (χ1v) is 7.51. The van der Waals surface area contributed by atoms with Gasteiger partial charge in [-0.15, -0.1) is 0 Å². The largest absolute Gasteiger partial charge is 0.327 e. The zero-order valence-corrected chi connectivity index (χ0v) is 13.4. The first-order valence-electron chi connectivity index (χ1n) is 7.13. The van der Waals surface area contributed by atoms with Crippen molar-refractivity contribution in [3.8, 4) is 0 Å². The van der Waals surface area contributed by atoms with Gasteiger partial charge in [0.25, 0.3) is 0 Å². The summed E-state index contributed by atoms with van der Waals surface area (Å²) in [5, 5.41) is 3.86. The molecule has 1 aromatic carbocycles. The lowest BCUT2D eigenvalue weighted by atomic mass is 10.2. The minimum atomic E-state index is -0.315. The molecule has 0 spiro atoms. The van der Waals surface area contributed by atoms with Crippen molar-refractivity contribution in [3.63, 3.8) is 0 Å². The van der Waals surface area contributed by atoms with Crippen LogP contribution in [0.3, 0.4) is 0 Å². The van der Waals surface area contributed by atoms with Crippen molar-refractivity contribution in [2.75, 3.05) is 6.54 Å². The second-order valence-electron chi connectivity index (χ2n) is 5.64. The second kappa shape index (κ2) is 7.05. The zero-order valence-electron chi connectivity index (χ0n) is 12.7. The average Bonchev–Trinajstić information content (AvgIpc) is 2.74. The lowest BCUT2D eigenvalue weighted by Crippen LogP contribution is -2.21. The summed E-state index contributed by atoms with van der Waals surface area (Å²) in [6, 6.07) is 4.51. The van der Waals surface area contributed by atoms with E-state index in [-0.39, 0.29) is 5.82 Å². The number of benzene rings is 1. The van der Waals surface area contributed by atoms with Crippen LogP contribution in [0, 0.1) is 18.7 Å². The van der Waals surface area contributed by atoms with Gasteiger partial charge in [0.1, 0.15) is 11.6 Å². The Morgan fingerprint density at radius 3 is 2.81 bits per heavy atom. The molecule has 0 bridgehead atoms. The molecule has 1 N–H and O–H groups in total. The van der Waals surface area contributed by atoms with Crippen LogP contribution in [0.2, 0.25) is 5.02 Å². The summed E-state index contributed by atoms with van der Waals surface area (Å²) in [5.74, 6) is 1.22. The fourth-order valence-corrected chi connectivity index (χ4v) is 2.41. The third kappa shape index (κ3) is 4.29. The molecule has 3 nitrogen and oxygen atoms in total. The highest BCUT2D eigenvalue weighted by atomic mass is 35.5. The Labute approximate surface area is 130 Å². The molecule has 0 aliphatic heterocycles. The average molecular weight is 310 g/mol. The highest BCUT2D eigenvalue weighted by Crippen LogP contribution is 2.20. The van der Waals surface area contributed by atoms with Gasteiger partial charge in [-0.25, -0.2) is 9.37 Å². The first kappa shape index (κ1) is 16.0. The number of hydrogen-bond acceptors (Lipinski definition) is 2. The molecule has 1 heterocycles. The summed E-state index contributed by atoms with van der Waals surface area (Å²) in [4.78, 5) is 4.36. The van der Waals surface area contributed by atoms with E-state index in [1.807, 2.05) is 13.1 Å². The summed E-state index contributed by atoms with van der Waals surface area (Å²) in [6.07, 6.45) is 1.88. The number of rotatable bonds is 6. The number of hydrogen-bond donors (Lipinski definition) is 1. The fraction of sp³-hybridized carbons (Fsp3) is 0.438. The number of aryl methyl sites for hydroxylation is 1. The molecular formula is C16H21ClFN3. The Morgan fingerprint density at radius 1 is 1.38 bits per heavy atom. The van der Waals surface area contributed by atoms with Crippen LogP contribution in [0.4, 0.5) is 4.39 Å². The van der Waals surface area contributed by atoms with Gasteiger partial charge in [-0.05, 0) is 37.1 Å².